The Bertz CT molecular complexity index is 836. The summed E-state index contributed by atoms with van der Waals surface area (Å²) in [6, 6.07) is 2.02. The predicted molar refractivity (Wildman–Crippen MR) is 113 cm³/mol. The minimum atomic E-state index is -0.594. The van der Waals surface area contributed by atoms with Crippen LogP contribution in [0.3, 0.4) is 0 Å². The number of imide groups is 1. The van der Waals surface area contributed by atoms with Crippen LogP contribution in [0.2, 0.25) is 0 Å². The molecule has 0 saturated carbocycles. The second-order valence-electron chi connectivity index (χ2n) is 7.95. The minimum Gasteiger partial charge on any atom is -0.378 e. The maximum Gasteiger partial charge on any atom is 0.288 e. The van der Waals surface area contributed by atoms with E-state index in [9.17, 15) is 14.4 Å². The molecule has 0 aromatic carbocycles. The van der Waals surface area contributed by atoms with Crippen molar-refractivity contribution >= 4 is 34.6 Å². The molecule has 9 nitrogen and oxygen atoms in total. The largest absolute Gasteiger partial charge is 0.378 e. The molecule has 4 heterocycles. The molecule has 162 valence electrons. The number of carbonyl (C=O) groups excluding carboxylic acids is 3. The zero-order valence-corrected chi connectivity index (χ0v) is 18.2. The maximum atomic E-state index is 12.7. The Morgan fingerprint density at radius 1 is 1.17 bits per heavy atom. The topological polar surface area (TPSA) is 95.9 Å². The van der Waals surface area contributed by atoms with E-state index in [1.165, 1.54) is 7.05 Å². The summed E-state index contributed by atoms with van der Waals surface area (Å²) in [5.74, 6) is 1.66. The van der Waals surface area contributed by atoms with Crippen LogP contribution < -0.4 is 4.90 Å². The third-order valence-corrected chi connectivity index (χ3v) is 7.02. The molecule has 0 spiro atoms. The minimum absolute atomic E-state index is 0.0680. The Morgan fingerprint density at radius 3 is 2.50 bits per heavy atom. The normalized spacial score (nSPS) is 23.4. The summed E-state index contributed by atoms with van der Waals surface area (Å²) in [6.45, 7) is 6.30. The molecule has 3 aliphatic rings. The number of aryl methyl sites for hydroxylation is 1. The molecule has 3 amide bonds. The van der Waals surface area contributed by atoms with Crippen molar-refractivity contribution in [3.8, 4) is 0 Å². The first-order valence-corrected chi connectivity index (χ1v) is 11.2. The van der Waals surface area contributed by atoms with Gasteiger partial charge >= 0.3 is 0 Å². The molecule has 4 rings (SSSR count). The highest BCUT2D eigenvalue weighted by Crippen LogP contribution is 2.31. The van der Waals surface area contributed by atoms with E-state index in [1.54, 1.807) is 4.90 Å². The standard InChI is InChI=1S/C20H27N5O4S/c1-13-11-16(24-7-9-29-10-8-24)22-18(21-13)14-3-5-25(6-4-14)17(26)12-15-19(27)23(2)20(28)30-15/h11,14-15H,3-10,12H2,1-2H3/t15-/m1/s1. The Kier molecular flexibility index (Phi) is 6.24. The number of thioether (sulfide) groups is 1. The van der Waals surface area contributed by atoms with Gasteiger partial charge in [0.25, 0.3) is 5.24 Å². The molecule has 3 fully saturated rings. The lowest BCUT2D eigenvalue weighted by atomic mass is 9.95. The summed E-state index contributed by atoms with van der Waals surface area (Å²) in [7, 11) is 1.46. The average Bonchev–Trinajstić information content (AvgIpc) is 3.00. The molecule has 3 saturated heterocycles. The second kappa shape index (κ2) is 8.89. The van der Waals surface area contributed by atoms with Gasteiger partial charge in [0.05, 0.1) is 13.2 Å². The summed E-state index contributed by atoms with van der Waals surface area (Å²) in [4.78, 5) is 51.0. The van der Waals surface area contributed by atoms with Crippen molar-refractivity contribution in [1.82, 2.24) is 19.8 Å². The van der Waals surface area contributed by atoms with Crippen LogP contribution in [-0.4, -0.2) is 88.5 Å². The van der Waals surface area contributed by atoms with E-state index in [0.717, 1.165) is 59.9 Å². The molecule has 10 heteroatoms. The molecule has 3 aliphatic heterocycles. The number of aromatic nitrogens is 2. The Labute approximate surface area is 180 Å². The van der Waals surface area contributed by atoms with Gasteiger partial charge in [-0.25, -0.2) is 9.97 Å². The van der Waals surface area contributed by atoms with Gasteiger partial charge in [-0.05, 0) is 19.8 Å². The fourth-order valence-electron chi connectivity index (χ4n) is 4.07. The third kappa shape index (κ3) is 4.44. The Balaban J connectivity index is 1.35. The number of morpholine rings is 1. The lowest BCUT2D eigenvalue weighted by molar-refractivity contribution is -0.135. The van der Waals surface area contributed by atoms with E-state index < -0.39 is 5.25 Å². The number of rotatable bonds is 4. The molecule has 0 N–H and O–H groups in total. The van der Waals surface area contributed by atoms with Gasteiger partial charge in [-0.1, -0.05) is 11.8 Å². The van der Waals surface area contributed by atoms with Crippen molar-refractivity contribution in [2.45, 2.75) is 37.4 Å². The van der Waals surface area contributed by atoms with Crippen LogP contribution in [0.4, 0.5) is 10.6 Å². The molecule has 0 unspecified atom stereocenters. The Hall–Kier alpha value is -2.20. The molecule has 0 bridgehead atoms. The number of ether oxygens (including phenoxy) is 1. The van der Waals surface area contributed by atoms with Gasteiger partial charge < -0.3 is 14.5 Å². The van der Waals surface area contributed by atoms with Gasteiger partial charge in [0.2, 0.25) is 11.8 Å². The van der Waals surface area contributed by atoms with Crippen LogP contribution in [-0.2, 0) is 14.3 Å². The van der Waals surface area contributed by atoms with Gasteiger partial charge in [0, 0.05) is 57.3 Å². The number of amides is 3. The van der Waals surface area contributed by atoms with Crippen LogP contribution in [0.1, 0.15) is 36.7 Å². The molecular weight excluding hydrogens is 406 g/mol. The summed E-state index contributed by atoms with van der Waals surface area (Å²) < 4.78 is 5.43. The van der Waals surface area contributed by atoms with E-state index in [-0.39, 0.29) is 29.4 Å². The molecule has 1 aromatic heterocycles. The first-order valence-electron chi connectivity index (χ1n) is 10.4. The number of piperidine rings is 1. The van der Waals surface area contributed by atoms with Crippen LogP contribution >= 0.6 is 11.8 Å². The first kappa shape index (κ1) is 21.0. The molecule has 0 aliphatic carbocycles. The quantitative estimate of drug-likeness (QED) is 0.703. The average molecular weight is 434 g/mol. The van der Waals surface area contributed by atoms with Crippen molar-refractivity contribution < 1.29 is 19.1 Å². The number of likely N-dealkylation sites (tertiary alicyclic amines) is 1. The summed E-state index contributed by atoms with van der Waals surface area (Å²) >= 11 is 0.945. The number of hydrogen-bond acceptors (Lipinski definition) is 8. The lowest BCUT2D eigenvalue weighted by Gasteiger charge is -2.33. The number of anilines is 1. The van der Waals surface area contributed by atoms with E-state index in [4.69, 9.17) is 9.72 Å². The molecule has 1 aromatic rings. The van der Waals surface area contributed by atoms with Gasteiger partial charge in [0.1, 0.15) is 16.9 Å². The van der Waals surface area contributed by atoms with Crippen molar-refractivity contribution in [2.24, 2.45) is 0 Å². The fraction of sp³-hybridized carbons (Fsp3) is 0.650. The van der Waals surface area contributed by atoms with Gasteiger partial charge in [0.15, 0.2) is 0 Å². The lowest BCUT2D eigenvalue weighted by Crippen LogP contribution is -2.40. The monoisotopic (exact) mass is 433 g/mol. The molecule has 1 atom stereocenters. The van der Waals surface area contributed by atoms with Crippen LogP contribution in [0.25, 0.3) is 0 Å². The van der Waals surface area contributed by atoms with E-state index in [2.05, 4.69) is 9.88 Å². The molecule has 0 radical (unpaired) electrons. The summed E-state index contributed by atoms with van der Waals surface area (Å²) in [5.41, 5.74) is 0.950. The number of hydrogen-bond donors (Lipinski definition) is 0. The highest BCUT2D eigenvalue weighted by Gasteiger charge is 2.39. The predicted octanol–water partition coefficient (Wildman–Crippen LogP) is 1.41. The summed E-state index contributed by atoms with van der Waals surface area (Å²) in [5, 5.41) is -0.881. The number of carbonyl (C=O) groups is 3. The fourth-order valence-corrected chi connectivity index (χ4v) is 5.05. The first-order chi connectivity index (χ1) is 14.4. The van der Waals surface area contributed by atoms with Gasteiger partial charge in [-0.15, -0.1) is 0 Å². The van der Waals surface area contributed by atoms with Gasteiger partial charge in [-0.3, -0.25) is 19.3 Å². The van der Waals surface area contributed by atoms with Crippen molar-refractivity contribution in [3.63, 3.8) is 0 Å². The van der Waals surface area contributed by atoms with E-state index in [1.807, 2.05) is 13.0 Å². The zero-order valence-electron chi connectivity index (χ0n) is 17.4. The highest BCUT2D eigenvalue weighted by atomic mass is 32.2. The summed E-state index contributed by atoms with van der Waals surface area (Å²) in [6.07, 6.45) is 1.66. The highest BCUT2D eigenvalue weighted by molar-refractivity contribution is 8.15. The third-order valence-electron chi connectivity index (χ3n) is 5.89. The molecule has 30 heavy (non-hydrogen) atoms. The SMILES string of the molecule is Cc1cc(N2CCOCC2)nc(C2CCN(C(=O)C[C@H]3SC(=O)N(C)C3=O)CC2)n1. The van der Waals surface area contributed by atoms with E-state index >= 15 is 0 Å². The maximum absolute atomic E-state index is 12.7. The van der Waals surface area contributed by atoms with Crippen LogP contribution in [0, 0.1) is 6.92 Å². The Morgan fingerprint density at radius 2 is 1.87 bits per heavy atom. The molecular formula is C20H27N5O4S. The smallest absolute Gasteiger partial charge is 0.288 e. The van der Waals surface area contributed by atoms with Crippen molar-refractivity contribution in [3.05, 3.63) is 17.6 Å². The second-order valence-corrected chi connectivity index (χ2v) is 9.11. The van der Waals surface area contributed by atoms with Crippen molar-refractivity contribution in [1.29, 1.82) is 0 Å². The zero-order chi connectivity index (χ0) is 21.3. The van der Waals surface area contributed by atoms with Gasteiger partial charge in [-0.2, -0.15) is 0 Å². The number of nitrogens with zero attached hydrogens (tertiary/aromatic N) is 5. The van der Waals surface area contributed by atoms with Crippen LogP contribution in [0.5, 0.6) is 0 Å². The van der Waals surface area contributed by atoms with E-state index in [0.29, 0.717) is 26.3 Å². The van der Waals surface area contributed by atoms with Crippen molar-refractivity contribution in [2.75, 3.05) is 51.3 Å². The van der Waals surface area contributed by atoms with Crippen LogP contribution in [0.15, 0.2) is 6.07 Å².